The first kappa shape index (κ1) is 30.0. The maximum absolute atomic E-state index is 14.5. The van der Waals surface area contributed by atoms with Crippen molar-refractivity contribution in [3.63, 3.8) is 0 Å². The van der Waals surface area contributed by atoms with E-state index in [0.29, 0.717) is 41.4 Å². The second kappa shape index (κ2) is 12.7. The van der Waals surface area contributed by atoms with Crippen LogP contribution in [0.25, 0.3) is 0 Å². The molecule has 40 heavy (non-hydrogen) atoms. The van der Waals surface area contributed by atoms with Crippen molar-refractivity contribution in [2.75, 3.05) is 26.4 Å². The fourth-order valence-corrected chi connectivity index (χ4v) is 6.26. The molecule has 2 aromatic rings. The molecule has 2 aliphatic rings. The van der Waals surface area contributed by atoms with Gasteiger partial charge in [-0.1, -0.05) is 35.1 Å². The molecule has 0 radical (unpaired) electrons. The third kappa shape index (κ3) is 6.35. The Hall–Kier alpha value is -2.92. The summed E-state index contributed by atoms with van der Waals surface area (Å²) in [5, 5.41) is 11.6. The zero-order valence-electron chi connectivity index (χ0n) is 22.4. The summed E-state index contributed by atoms with van der Waals surface area (Å²) >= 11 is 14.7. The van der Waals surface area contributed by atoms with Gasteiger partial charge in [0.15, 0.2) is 0 Å². The van der Waals surface area contributed by atoms with Crippen molar-refractivity contribution < 1.29 is 9.18 Å². The lowest BCUT2D eigenvalue weighted by molar-refractivity contribution is 0.0763. The fourth-order valence-electron chi connectivity index (χ4n) is 5.03. The zero-order chi connectivity index (χ0) is 29.0. The Morgan fingerprint density at radius 2 is 2.02 bits per heavy atom. The van der Waals surface area contributed by atoms with Crippen LogP contribution in [0.2, 0.25) is 10.0 Å². The van der Waals surface area contributed by atoms with E-state index in [1.54, 1.807) is 23.9 Å². The van der Waals surface area contributed by atoms with Crippen molar-refractivity contribution in [1.29, 1.82) is 5.41 Å². The zero-order valence-corrected chi connectivity index (χ0v) is 24.7. The molecule has 12 heteroatoms. The lowest BCUT2D eigenvalue weighted by Crippen LogP contribution is -2.40. The molecule has 0 saturated heterocycles. The molecule has 4 rings (SSSR count). The van der Waals surface area contributed by atoms with Crippen LogP contribution >= 0.6 is 35.1 Å². The summed E-state index contributed by atoms with van der Waals surface area (Å²) in [7, 11) is 1.72. The minimum Gasteiger partial charge on any atom is -0.400 e. The maximum Gasteiger partial charge on any atom is 0.255 e. The molecular formula is C28H32Cl2FN7OS. The van der Waals surface area contributed by atoms with Crippen LogP contribution in [-0.4, -0.2) is 54.8 Å². The summed E-state index contributed by atoms with van der Waals surface area (Å²) in [6.07, 6.45) is 6.14. The number of carbonyl (C=O) groups is 1. The van der Waals surface area contributed by atoms with Crippen LogP contribution in [-0.2, 0) is 12.0 Å². The number of benzene rings is 2. The van der Waals surface area contributed by atoms with Crippen molar-refractivity contribution in [2.24, 2.45) is 21.7 Å². The Morgan fingerprint density at radius 3 is 2.62 bits per heavy atom. The molecule has 0 aromatic heterocycles. The minimum absolute atomic E-state index is 0.0638. The number of nitrogens with two attached hydrogens (primary N) is 2. The summed E-state index contributed by atoms with van der Waals surface area (Å²) in [5.41, 5.74) is 11.4. The first-order valence-electron chi connectivity index (χ1n) is 12.8. The number of rotatable bonds is 10. The number of carbonyl (C=O) groups excluding carboxylic acids is 1. The summed E-state index contributed by atoms with van der Waals surface area (Å²) in [5.74, 6) is 4.28. The number of nitrogens with one attached hydrogen (secondary N) is 2. The quantitative estimate of drug-likeness (QED) is 0.130. The Balaban J connectivity index is 1.57. The second-order valence-corrected chi connectivity index (χ2v) is 11.3. The van der Waals surface area contributed by atoms with E-state index in [1.807, 2.05) is 18.4 Å². The molecule has 6 N–H and O–H groups in total. The van der Waals surface area contributed by atoms with Gasteiger partial charge in [0.2, 0.25) is 0 Å². The van der Waals surface area contributed by atoms with Crippen molar-refractivity contribution in [3.8, 4) is 0 Å². The highest BCUT2D eigenvalue weighted by molar-refractivity contribution is 7.96. The number of aryl methyl sites for hydroxylation is 1. The Bertz CT molecular complexity index is 1420. The minimum atomic E-state index is -0.577. The standard InChI is InChI=1S/C28H32Cl2FN7OS/c1-35-26(17-9-18(12-19(29)10-17)28(6-7-28)37-40-2)22-5-8-38(15-24(22)33)27(39)23-13-20(31)11-16(25(23)30)3-4-21(14-32)36-34/h9-14,32,37H,3-8,15,33-34H2,1-2H3/b32-14?,35-26?,36-21-. The maximum atomic E-state index is 14.5. The van der Waals surface area contributed by atoms with Crippen molar-refractivity contribution in [1.82, 2.24) is 9.62 Å². The number of aliphatic imine (C=N–C) groups is 1. The van der Waals surface area contributed by atoms with Crippen LogP contribution in [0.15, 0.2) is 51.7 Å². The van der Waals surface area contributed by atoms with Gasteiger partial charge in [-0.2, -0.15) is 5.10 Å². The van der Waals surface area contributed by atoms with Crippen LogP contribution in [0.5, 0.6) is 0 Å². The largest absolute Gasteiger partial charge is 0.400 e. The molecule has 8 nitrogen and oxygen atoms in total. The van der Waals surface area contributed by atoms with Gasteiger partial charge in [-0.15, -0.1) is 0 Å². The highest BCUT2D eigenvalue weighted by atomic mass is 35.5. The number of hydrazone groups is 1. The molecular weight excluding hydrogens is 572 g/mol. The van der Waals surface area contributed by atoms with Crippen LogP contribution in [0.3, 0.4) is 0 Å². The van der Waals surface area contributed by atoms with Gasteiger partial charge in [-0.25, -0.2) is 4.39 Å². The molecule has 1 aliphatic heterocycles. The summed E-state index contributed by atoms with van der Waals surface area (Å²) in [6, 6.07) is 8.40. The average Bonchev–Trinajstić information content (AvgIpc) is 3.72. The van der Waals surface area contributed by atoms with Crippen LogP contribution in [0.4, 0.5) is 4.39 Å². The Labute approximate surface area is 247 Å². The molecule has 1 amide bonds. The van der Waals surface area contributed by atoms with E-state index in [0.717, 1.165) is 47.5 Å². The van der Waals surface area contributed by atoms with Gasteiger partial charge in [0.05, 0.1) is 34.1 Å². The Morgan fingerprint density at radius 1 is 1.27 bits per heavy atom. The first-order chi connectivity index (χ1) is 19.2. The molecule has 0 atom stereocenters. The lowest BCUT2D eigenvalue weighted by atomic mass is 9.92. The normalized spacial score (nSPS) is 17.3. The van der Waals surface area contributed by atoms with Crippen LogP contribution in [0.1, 0.15) is 52.7 Å². The smallest absolute Gasteiger partial charge is 0.255 e. The van der Waals surface area contributed by atoms with E-state index >= 15 is 0 Å². The highest BCUT2D eigenvalue weighted by Crippen LogP contribution is 2.47. The molecule has 1 saturated carbocycles. The van der Waals surface area contributed by atoms with E-state index in [2.05, 4.69) is 20.9 Å². The molecule has 0 unspecified atom stereocenters. The number of hydrogen-bond donors (Lipinski definition) is 4. The predicted octanol–water partition coefficient (Wildman–Crippen LogP) is 5.06. The van der Waals surface area contributed by atoms with Crippen molar-refractivity contribution in [2.45, 2.75) is 37.6 Å². The summed E-state index contributed by atoms with van der Waals surface area (Å²) in [4.78, 5) is 19.6. The Kier molecular flexibility index (Phi) is 9.56. The third-order valence-electron chi connectivity index (χ3n) is 7.27. The van der Waals surface area contributed by atoms with E-state index in [4.69, 9.17) is 40.2 Å². The first-order valence-corrected chi connectivity index (χ1v) is 14.7. The number of hydrogen-bond acceptors (Lipinski definition) is 8. The predicted molar refractivity (Wildman–Crippen MR) is 163 cm³/mol. The van der Waals surface area contributed by atoms with Gasteiger partial charge in [0, 0.05) is 41.7 Å². The lowest BCUT2D eigenvalue weighted by Gasteiger charge is -2.30. The molecule has 1 fully saturated rings. The van der Waals surface area contributed by atoms with Crippen molar-refractivity contribution in [3.05, 3.63) is 79.7 Å². The molecule has 0 spiro atoms. The molecule has 1 aliphatic carbocycles. The molecule has 212 valence electrons. The van der Waals surface area contributed by atoms with E-state index in [1.165, 1.54) is 6.07 Å². The van der Waals surface area contributed by atoms with Crippen LogP contribution < -0.4 is 16.3 Å². The van der Waals surface area contributed by atoms with Crippen LogP contribution in [0, 0.1) is 11.2 Å². The third-order valence-corrected chi connectivity index (χ3v) is 8.53. The number of amides is 1. The summed E-state index contributed by atoms with van der Waals surface area (Å²) in [6.45, 7) is 0.512. The van der Waals surface area contributed by atoms with Gasteiger partial charge in [-0.3, -0.25) is 14.5 Å². The molecule has 2 aromatic carbocycles. The van der Waals surface area contributed by atoms with Gasteiger partial charge in [-0.05, 0) is 79.8 Å². The topological polar surface area (TPSA) is 133 Å². The van der Waals surface area contributed by atoms with Gasteiger partial charge < -0.3 is 21.9 Å². The number of nitrogens with zero attached hydrogens (tertiary/aromatic N) is 3. The van der Waals surface area contributed by atoms with E-state index < -0.39 is 11.7 Å². The van der Waals surface area contributed by atoms with Crippen molar-refractivity contribution >= 4 is 58.7 Å². The summed E-state index contributed by atoms with van der Waals surface area (Å²) < 4.78 is 18.0. The number of halogens is 3. The SMILES string of the molecule is CN=C(C1=C(N)CN(C(=O)c2cc(F)cc(CC/C(C=N)=N/N)c2Cl)CC1)c1cc(Cl)cc(C2(NSC)CC2)c1. The molecule has 0 bridgehead atoms. The second-order valence-electron chi connectivity index (χ2n) is 9.86. The molecule has 1 heterocycles. The average molecular weight is 605 g/mol. The van der Waals surface area contributed by atoms with Gasteiger partial charge >= 0.3 is 0 Å². The van der Waals surface area contributed by atoms with Gasteiger partial charge in [0.1, 0.15) is 5.82 Å². The fraction of sp³-hybridized carbons (Fsp3) is 0.357. The van der Waals surface area contributed by atoms with E-state index in [9.17, 15) is 9.18 Å². The van der Waals surface area contributed by atoms with E-state index in [-0.39, 0.29) is 29.1 Å². The monoisotopic (exact) mass is 603 g/mol. The van der Waals surface area contributed by atoms with Gasteiger partial charge in [0.25, 0.3) is 5.91 Å². The highest BCUT2D eigenvalue weighted by Gasteiger charge is 2.44.